The molecule has 0 radical (unpaired) electrons. The highest BCUT2D eigenvalue weighted by Gasteiger charge is 2.39. The predicted molar refractivity (Wildman–Crippen MR) is 66.9 cm³/mol. The van der Waals surface area contributed by atoms with Crippen molar-refractivity contribution in [2.24, 2.45) is 10.7 Å². The van der Waals surface area contributed by atoms with Crippen molar-refractivity contribution in [3.05, 3.63) is 0 Å². The van der Waals surface area contributed by atoms with Crippen LogP contribution in [0.25, 0.3) is 0 Å². The lowest BCUT2D eigenvalue weighted by Crippen LogP contribution is -2.43. The minimum absolute atomic E-state index is 0.162. The minimum Gasteiger partial charge on any atom is -0.385 e. The van der Waals surface area contributed by atoms with Gasteiger partial charge in [-0.1, -0.05) is 12.8 Å². The number of ether oxygens (including phenoxy) is 1. The van der Waals surface area contributed by atoms with Gasteiger partial charge >= 0.3 is 0 Å². The molecule has 5 nitrogen and oxygen atoms in total. The Labute approximate surface area is 102 Å². The van der Waals surface area contributed by atoms with Crippen molar-refractivity contribution in [3.8, 4) is 0 Å². The Morgan fingerprint density at radius 2 is 2.24 bits per heavy atom. The number of guanidine groups is 1. The third-order valence-corrected chi connectivity index (χ3v) is 3.89. The molecule has 0 spiro atoms. The van der Waals surface area contributed by atoms with E-state index in [1.165, 1.54) is 25.7 Å². The largest absolute Gasteiger partial charge is 0.385 e. The number of nitrogens with one attached hydrogen (secondary N) is 1. The fraction of sp³-hybridized carbons (Fsp3) is 0.917. The summed E-state index contributed by atoms with van der Waals surface area (Å²) in [6.45, 7) is 2.80. The third kappa shape index (κ3) is 3.10. The maximum atomic E-state index is 10.3. The van der Waals surface area contributed by atoms with Crippen molar-refractivity contribution >= 4 is 5.96 Å². The second-order valence-electron chi connectivity index (χ2n) is 5.19. The number of nitrogens with two attached hydrogens (primary N) is 1. The van der Waals surface area contributed by atoms with E-state index in [-0.39, 0.29) is 6.10 Å². The van der Waals surface area contributed by atoms with E-state index in [4.69, 9.17) is 10.5 Å². The standard InChI is InChI=1S/C12H23N3O2/c1-9-12(16,6-7-17-9)8-14-11(13)15-10-4-2-3-5-10/h9-10,16H,2-8H2,1H3,(H3,13,14,15). The van der Waals surface area contributed by atoms with Crippen LogP contribution in [0.3, 0.4) is 0 Å². The van der Waals surface area contributed by atoms with Crippen LogP contribution in [0.5, 0.6) is 0 Å². The first kappa shape index (κ1) is 12.6. The van der Waals surface area contributed by atoms with Gasteiger partial charge in [0.25, 0.3) is 0 Å². The Morgan fingerprint density at radius 3 is 2.82 bits per heavy atom. The van der Waals surface area contributed by atoms with E-state index in [1.54, 1.807) is 0 Å². The summed E-state index contributed by atoms with van der Waals surface area (Å²) >= 11 is 0. The van der Waals surface area contributed by atoms with E-state index in [1.807, 2.05) is 6.92 Å². The van der Waals surface area contributed by atoms with E-state index in [0.29, 0.717) is 31.6 Å². The molecule has 0 bridgehead atoms. The summed E-state index contributed by atoms with van der Waals surface area (Å²) < 4.78 is 5.35. The molecule has 2 aliphatic rings. The summed E-state index contributed by atoms with van der Waals surface area (Å²) in [6.07, 6.45) is 5.33. The molecular weight excluding hydrogens is 218 g/mol. The van der Waals surface area contributed by atoms with Crippen LogP contribution in [0.2, 0.25) is 0 Å². The van der Waals surface area contributed by atoms with Crippen LogP contribution in [-0.4, -0.2) is 42.0 Å². The highest BCUT2D eigenvalue weighted by Crippen LogP contribution is 2.25. The smallest absolute Gasteiger partial charge is 0.188 e. The maximum Gasteiger partial charge on any atom is 0.188 e. The van der Waals surface area contributed by atoms with Crippen LogP contribution < -0.4 is 11.1 Å². The molecule has 0 aromatic rings. The highest BCUT2D eigenvalue weighted by molar-refractivity contribution is 5.78. The average molecular weight is 241 g/mol. The second kappa shape index (κ2) is 5.23. The Bertz CT molecular complexity index is 289. The summed E-state index contributed by atoms with van der Waals surface area (Å²) in [5, 5.41) is 13.5. The first-order valence-corrected chi connectivity index (χ1v) is 6.50. The van der Waals surface area contributed by atoms with E-state index in [2.05, 4.69) is 10.3 Å². The van der Waals surface area contributed by atoms with Gasteiger partial charge in [-0.3, -0.25) is 4.99 Å². The molecule has 1 aliphatic heterocycles. The maximum absolute atomic E-state index is 10.3. The van der Waals surface area contributed by atoms with E-state index >= 15 is 0 Å². The monoisotopic (exact) mass is 241 g/mol. The fourth-order valence-corrected chi connectivity index (χ4v) is 2.53. The molecule has 1 saturated heterocycles. The van der Waals surface area contributed by atoms with E-state index in [0.717, 1.165) is 0 Å². The van der Waals surface area contributed by atoms with Crippen molar-refractivity contribution in [1.82, 2.24) is 5.32 Å². The molecular formula is C12H23N3O2. The quantitative estimate of drug-likeness (QED) is 0.493. The van der Waals surface area contributed by atoms with Crippen LogP contribution in [0.4, 0.5) is 0 Å². The van der Waals surface area contributed by atoms with Gasteiger partial charge in [0.05, 0.1) is 12.6 Å². The molecule has 4 N–H and O–H groups in total. The molecule has 2 fully saturated rings. The molecule has 2 rings (SSSR count). The van der Waals surface area contributed by atoms with Gasteiger partial charge in [0, 0.05) is 19.1 Å². The third-order valence-electron chi connectivity index (χ3n) is 3.89. The highest BCUT2D eigenvalue weighted by atomic mass is 16.5. The first-order chi connectivity index (χ1) is 8.10. The molecule has 0 amide bonds. The number of rotatable bonds is 3. The lowest BCUT2D eigenvalue weighted by molar-refractivity contribution is -0.0201. The molecule has 1 aliphatic carbocycles. The first-order valence-electron chi connectivity index (χ1n) is 6.50. The molecule has 17 heavy (non-hydrogen) atoms. The van der Waals surface area contributed by atoms with Gasteiger partial charge in [-0.2, -0.15) is 0 Å². The number of aliphatic imine (C=N–C) groups is 1. The van der Waals surface area contributed by atoms with Gasteiger partial charge in [-0.05, 0) is 19.8 Å². The van der Waals surface area contributed by atoms with Crippen LogP contribution in [-0.2, 0) is 4.74 Å². The SMILES string of the molecule is CC1OCCC1(O)CN=C(N)NC1CCCC1. The second-order valence-corrected chi connectivity index (χ2v) is 5.19. The zero-order valence-corrected chi connectivity index (χ0v) is 10.5. The number of hydrogen-bond donors (Lipinski definition) is 3. The van der Waals surface area contributed by atoms with E-state index < -0.39 is 5.60 Å². The number of aliphatic hydroxyl groups is 1. The Morgan fingerprint density at radius 1 is 1.53 bits per heavy atom. The normalized spacial score (nSPS) is 35.4. The Kier molecular flexibility index (Phi) is 3.89. The summed E-state index contributed by atoms with van der Waals surface area (Å²) in [5.74, 6) is 0.449. The van der Waals surface area contributed by atoms with E-state index in [9.17, 15) is 5.11 Å². The van der Waals surface area contributed by atoms with Gasteiger partial charge in [-0.15, -0.1) is 0 Å². The minimum atomic E-state index is -0.845. The van der Waals surface area contributed by atoms with Crippen LogP contribution >= 0.6 is 0 Å². The van der Waals surface area contributed by atoms with Crippen molar-refractivity contribution < 1.29 is 9.84 Å². The van der Waals surface area contributed by atoms with Crippen molar-refractivity contribution in [1.29, 1.82) is 0 Å². The van der Waals surface area contributed by atoms with Crippen molar-refractivity contribution in [2.45, 2.75) is 56.8 Å². The van der Waals surface area contributed by atoms with Crippen LogP contribution in [0.15, 0.2) is 4.99 Å². The fourth-order valence-electron chi connectivity index (χ4n) is 2.53. The molecule has 1 saturated carbocycles. The molecule has 2 atom stereocenters. The van der Waals surface area contributed by atoms with Gasteiger partial charge < -0.3 is 20.9 Å². The number of hydrogen-bond acceptors (Lipinski definition) is 3. The van der Waals surface area contributed by atoms with Crippen molar-refractivity contribution in [2.75, 3.05) is 13.2 Å². The molecule has 0 aromatic carbocycles. The molecule has 1 heterocycles. The lowest BCUT2D eigenvalue weighted by atomic mass is 9.97. The molecule has 2 unspecified atom stereocenters. The zero-order chi connectivity index (χ0) is 12.3. The Hall–Kier alpha value is -0.810. The Balaban J connectivity index is 1.82. The van der Waals surface area contributed by atoms with Crippen molar-refractivity contribution in [3.63, 3.8) is 0 Å². The lowest BCUT2D eigenvalue weighted by Gasteiger charge is -2.24. The molecule has 98 valence electrons. The zero-order valence-electron chi connectivity index (χ0n) is 10.5. The van der Waals surface area contributed by atoms with Gasteiger partial charge in [0.15, 0.2) is 5.96 Å². The van der Waals surface area contributed by atoms with Gasteiger partial charge in [0.2, 0.25) is 0 Å². The predicted octanol–water partition coefficient (Wildman–Crippen LogP) is 0.373. The summed E-state index contributed by atoms with van der Waals surface area (Å²) in [6, 6.07) is 0.464. The van der Waals surface area contributed by atoms with Gasteiger partial charge in [0.1, 0.15) is 5.60 Å². The van der Waals surface area contributed by atoms with Crippen LogP contribution in [0, 0.1) is 0 Å². The summed E-state index contributed by atoms with van der Waals surface area (Å²) in [7, 11) is 0. The van der Waals surface area contributed by atoms with Gasteiger partial charge in [-0.25, -0.2) is 0 Å². The summed E-state index contributed by atoms with van der Waals surface area (Å²) in [5.41, 5.74) is 4.98. The average Bonchev–Trinajstić information content (AvgIpc) is 2.89. The molecule has 5 heteroatoms. The van der Waals surface area contributed by atoms with Crippen LogP contribution in [0.1, 0.15) is 39.0 Å². The summed E-state index contributed by atoms with van der Waals surface area (Å²) in [4.78, 5) is 4.25. The topological polar surface area (TPSA) is 79.9 Å². The number of nitrogens with zero attached hydrogens (tertiary/aromatic N) is 1. The molecule has 0 aromatic heterocycles.